The van der Waals surface area contributed by atoms with Crippen molar-refractivity contribution >= 4 is 26.1 Å². The van der Waals surface area contributed by atoms with Crippen LogP contribution in [-0.2, 0) is 25.8 Å². The Morgan fingerprint density at radius 1 is 1.62 bits per heavy atom. The lowest BCUT2D eigenvalue weighted by Crippen LogP contribution is -2.35. The molecular weight excluding hydrogens is 253 g/mol. The average molecular weight is 267 g/mol. The number of hydrogen-bond donors (Lipinski definition) is 0. The van der Waals surface area contributed by atoms with Crippen molar-refractivity contribution in [2.75, 3.05) is 19.9 Å². The molecule has 2 radical (unpaired) electrons. The third kappa shape index (κ3) is 3.49. The number of alkyl halides is 1. The zero-order chi connectivity index (χ0) is 12.3. The van der Waals surface area contributed by atoms with Gasteiger partial charge in [0, 0.05) is 7.11 Å². The molecule has 8 heteroatoms. The molecule has 92 valence electrons. The summed E-state index contributed by atoms with van der Waals surface area (Å²) in [5.41, 5.74) is 0. The van der Waals surface area contributed by atoms with E-state index < -0.39 is 30.9 Å². The lowest BCUT2D eigenvalue weighted by molar-refractivity contribution is -0.189. The largest absolute Gasteiger partial charge is 0.801 e. The molecule has 1 heterocycles. The van der Waals surface area contributed by atoms with E-state index in [9.17, 15) is 9.28 Å². The molecule has 1 aliphatic rings. The summed E-state index contributed by atoms with van der Waals surface area (Å²) >= 11 is 4.74. The van der Waals surface area contributed by atoms with Gasteiger partial charge < -0.3 is 18.9 Å². The zero-order valence-electron chi connectivity index (χ0n) is 9.17. The first kappa shape index (κ1) is 14.5. The second-order valence-corrected chi connectivity index (χ2v) is 7.27. The van der Waals surface area contributed by atoms with Crippen LogP contribution in [0.25, 0.3) is 0 Å². The zero-order valence-corrected chi connectivity index (χ0v) is 10.9. The van der Waals surface area contributed by atoms with Gasteiger partial charge in [0.25, 0.3) is 0 Å². The van der Waals surface area contributed by atoms with Gasteiger partial charge in [0.2, 0.25) is 0 Å². The van der Waals surface area contributed by atoms with Crippen LogP contribution in [0.5, 0.6) is 0 Å². The van der Waals surface area contributed by atoms with E-state index in [1.54, 1.807) is 6.92 Å². The summed E-state index contributed by atoms with van der Waals surface area (Å²) in [7, 11) is 6.84. The van der Waals surface area contributed by atoms with Crippen molar-refractivity contribution in [3.63, 3.8) is 0 Å². The minimum atomic E-state index is -3.20. The molecule has 0 aliphatic carbocycles. The molecular formula is C8H14BFO4PS-. The van der Waals surface area contributed by atoms with Gasteiger partial charge in [0.1, 0.15) is 26.2 Å². The molecule has 0 N–H and O–H groups in total. The lowest BCUT2D eigenvalue weighted by Gasteiger charge is -2.32. The molecule has 1 fully saturated rings. The van der Waals surface area contributed by atoms with Crippen molar-refractivity contribution in [1.29, 1.82) is 0 Å². The SMILES string of the molecule is [B][C@@H]1O[C@H](COC)[C@H](OP([O-])(=S)CC)C1F. The van der Waals surface area contributed by atoms with Gasteiger partial charge in [-0.05, 0) is 12.7 Å². The number of hydrogen-bond acceptors (Lipinski definition) is 5. The standard InChI is InChI=1S/C8H15BFO4PS/c1-3-15(11,16)14-7-5(4-12-2)13-8(9)6(7)10/h5-8H,3-4H2,1-2H3,(H,11,16)/p-1/t5-,6?,7+,8-,15?/m1/s1. The normalized spacial score (nSPS) is 38.5. The molecule has 0 aromatic heterocycles. The number of halogens is 1. The van der Waals surface area contributed by atoms with Crippen LogP contribution in [0.2, 0.25) is 0 Å². The van der Waals surface area contributed by atoms with Crippen molar-refractivity contribution in [3.8, 4) is 0 Å². The maximum Gasteiger partial charge on any atom is 0.146 e. The summed E-state index contributed by atoms with van der Waals surface area (Å²) in [5.74, 6) is 0. The minimum Gasteiger partial charge on any atom is -0.801 e. The molecule has 1 rings (SSSR count). The van der Waals surface area contributed by atoms with E-state index in [2.05, 4.69) is 0 Å². The molecule has 4 nitrogen and oxygen atoms in total. The first-order chi connectivity index (χ1) is 7.41. The second-order valence-electron chi connectivity index (χ2n) is 3.54. The van der Waals surface area contributed by atoms with Gasteiger partial charge in [0.15, 0.2) is 0 Å². The first-order valence-electron chi connectivity index (χ1n) is 4.93. The Hall–Kier alpha value is 0.485. The van der Waals surface area contributed by atoms with E-state index in [1.165, 1.54) is 7.11 Å². The van der Waals surface area contributed by atoms with Crippen LogP contribution in [0.3, 0.4) is 0 Å². The summed E-state index contributed by atoms with van der Waals surface area (Å²) < 4.78 is 28.7. The second kappa shape index (κ2) is 5.89. The van der Waals surface area contributed by atoms with Crippen LogP contribution >= 0.6 is 6.49 Å². The Kier molecular flexibility index (Phi) is 5.36. The van der Waals surface area contributed by atoms with Gasteiger partial charge >= 0.3 is 0 Å². The van der Waals surface area contributed by atoms with Crippen LogP contribution in [-0.4, -0.2) is 52.1 Å². The monoisotopic (exact) mass is 267 g/mol. The van der Waals surface area contributed by atoms with E-state index in [4.69, 9.17) is 33.7 Å². The molecule has 16 heavy (non-hydrogen) atoms. The maximum atomic E-state index is 13.6. The van der Waals surface area contributed by atoms with E-state index in [0.29, 0.717) is 0 Å². The van der Waals surface area contributed by atoms with Crippen molar-refractivity contribution in [3.05, 3.63) is 0 Å². The molecule has 1 saturated heterocycles. The Labute approximate surface area is 101 Å². The quantitative estimate of drug-likeness (QED) is 0.516. The summed E-state index contributed by atoms with van der Waals surface area (Å²) in [6.45, 7) is -1.45. The molecule has 0 amide bonds. The summed E-state index contributed by atoms with van der Waals surface area (Å²) in [6, 6.07) is -1.09. The molecule has 0 saturated carbocycles. The van der Waals surface area contributed by atoms with Crippen molar-refractivity contribution in [1.82, 2.24) is 0 Å². The molecule has 2 unspecified atom stereocenters. The lowest BCUT2D eigenvalue weighted by atomic mass is 9.94. The fourth-order valence-electron chi connectivity index (χ4n) is 1.43. The first-order valence-corrected chi connectivity index (χ1v) is 7.76. The number of rotatable bonds is 5. The predicted octanol–water partition coefficient (Wildman–Crippen LogP) is -0.0608. The maximum absolute atomic E-state index is 13.6. The smallest absolute Gasteiger partial charge is 0.146 e. The van der Waals surface area contributed by atoms with Crippen LogP contribution in [0.15, 0.2) is 0 Å². The highest BCUT2D eigenvalue weighted by Crippen LogP contribution is 2.42. The Morgan fingerprint density at radius 2 is 2.25 bits per heavy atom. The van der Waals surface area contributed by atoms with Crippen molar-refractivity contribution < 1.29 is 23.3 Å². The van der Waals surface area contributed by atoms with Crippen LogP contribution in [0.4, 0.5) is 4.39 Å². The Morgan fingerprint density at radius 3 is 2.75 bits per heavy atom. The van der Waals surface area contributed by atoms with E-state index in [1.807, 2.05) is 0 Å². The summed E-state index contributed by atoms with van der Waals surface area (Å²) in [4.78, 5) is 11.6. The molecule has 0 aromatic carbocycles. The predicted molar refractivity (Wildman–Crippen MR) is 60.9 cm³/mol. The average Bonchev–Trinajstić information content (AvgIpc) is 2.47. The van der Waals surface area contributed by atoms with Crippen molar-refractivity contribution in [2.24, 2.45) is 0 Å². The topological polar surface area (TPSA) is 50.8 Å². The van der Waals surface area contributed by atoms with E-state index in [-0.39, 0.29) is 12.8 Å². The van der Waals surface area contributed by atoms with E-state index in [0.717, 1.165) is 0 Å². The molecule has 0 aromatic rings. The summed E-state index contributed by atoms with van der Waals surface area (Å²) in [5, 5.41) is 0. The van der Waals surface area contributed by atoms with Crippen LogP contribution in [0, 0.1) is 0 Å². The third-order valence-electron chi connectivity index (χ3n) is 2.33. The molecule has 0 bridgehead atoms. The summed E-state index contributed by atoms with van der Waals surface area (Å²) in [6.07, 6.45) is -3.06. The molecule has 0 spiro atoms. The molecule has 5 atom stereocenters. The van der Waals surface area contributed by atoms with Crippen molar-refractivity contribution in [2.45, 2.75) is 31.3 Å². The minimum absolute atomic E-state index is 0.123. The fraction of sp³-hybridized carbons (Fsp3) is 1.00. The van der Waals surface area contributed by atoms with Gasteiger partial charge in [-0.15, -0.1) is 0 Å². The van der Waals surface area contributed by atoms with Gasteiger partial charge in [-0.25, -0.2) is 4.39 Å². The highest BCUT2D eigenvalue weighted by atomic mass is 32.5. The third-order valence-corrected chi connectivity index (χ3v) is 4.70. The fourth-order valence-corrected chi connectivity index (χ4v) is 2.50. The Balaban J connectivity index is 2.70. The van der Waals surface area contributed by atoms with Crippen LogP contribution < -0.4 is 4.89 Å². The van der Waals surface area contributed by atoms with Gasteiger partial charge in [-0.3, -0.25) is 0 Å². The molecule has 1 aliphatic heterocycles. The number of methoxy groups -OCH3 is 1. The van der Waals surface area contributed by atoms with Gasteiger partial charge in [0.05, 0.1) is 12.6 Å². The van der Waals surface area contributed by atoms with Gasteiger partial charge in [-0.2, -0.15) is 0 Å². The highest BCUT2D eigenvalue weighted by molar-refractivity contribution is 8.08. The highest BCUT2D eigenvalue weighted by Gasteiger charge is 2.43. The van der Waals surface area contributed by atoms with Crippen LogP contribution in [0.1, 0.15) is 6.92 Å². The Bertz CT molecular complexity index is 283. The number of ether oxygens (including phenoxy) is 2. The van der Waals surface area contributed by atoms with Gasteiger partial charge in [-0.1, -0.05) is 18.7 Å². The van der Waals surface area contributed by atoms with E-state index >= 15 is 0 Å².